The van der Waals surface area contributed by atoms with Gasteiger partial charge in [-0.1, -0.05) is 41.4 Å². The maximum atomic E-state index is 12.8. The van der Waals surface area contributed by atoms with E-state index in [0.29, 0.717) is 16.9 Å². The predicted molar refractivity (Wildman–Crippen MR) is 102 cm³/mol. The topological polar surface area (TPSA) is 75.7 Å². The summed E-state index contributed by atoms with van der Waals surface area (Å²) in [5, 5.41) is 2.73. The first-order chi connectivity index (χ1) is 12.9. The number of carbonyl (C=O) groups excluding carboxylic acids is 3. The molecule has 2 aromatic rings. The second-order valence-electron chi connectivity index (χ2n) is 5.69. The molecular formula is C19H14Cl2N2O4. The van der Waals surface area contributed by atoms with Crippen LogP contribution in [0.15, 0.2) is 48.0 Å². The largest absolute Gasteiger partial charge is 0.497 e. The number of imide groups is 2. The minimum Gasteiger partial charge on any atom is -0.497 e. The minimum atomic E-state index is -0.799. The summed E-state index contributed by atoms with van der Waals surface area (Å²) in [6, 6.07) is 10.9. The molecule has 0 atom stereocenters. The van der Waals surface area contributed by atoms with Crippen molar-refractivity contribution >= 4 is 47.1 Å². The van der Waals surface area contributed by atoms with Gasteiger partial charge in [0.15, 0.2) is 0 Å². The van der Waals surface area contributed by atoms with Gasteiger partial charge in [-0.05, 0) is 35.9 Å². The molecule has 3 rings (SSSR count). The molecule has 0 aromatic heterocycles. The van der Waals surface area contributed by atoms with Crippen LogP contribution in [0.2, 0.25) is 10.0 Å². The Morgan fingerprint density at radius 1 is 1.04 bits per heavy atom. The number of hydrogen-bond acceptors (Lipinski definition) is 4. The third-order valence-corrected chi connectivity index (χ3v) is 4.63. The zero-order valence-corrected chi connectivity index (χ0v) is 15.7. The first-order valence-corrected chi connectivity index (χ1v) is 8.62. The predicted octanol–water partition coefficient (Wildman–Crippen LogP) is 3.66. The Morgan fingerprint density at radius 3 is 2.26 bits per heavy atom. The summed E-state index contributed by atoms with van der Waals surface area (Å²) < 4.78 is 5.08. The Labute approximate surface area is 165 Å². The molecule has 0 spiro atoms. The van der Waals surface area contributed by atoms with Gasteiger partial charge < -0.3 is 4.74 Å². The van der Waals surface area contributed by atoms with Crippen LogP contribution in [-0.4, -0.2) is 29.9 Å². The van der Waals surface area contributed by atoms with Gasteiger partial charge in [-0.3, -0.25) is 19.8 Å². The van der Waals surface area contributed by atoms with E-state index in [1.54, 1.807) is 49.6 Å². The molecule has 0 unspecified atom stereocenters. The summed E-state index contributed by atoms with van der Waals surface area (Å²) in [5.41, 5.74) is 0.806. The number of nitrogens with one attached hydrogen (secondary N) is 1. The molecule has 0 radical (unpaired) electrons. The number of benzene rings is 2. The fraction of sp³-hybridized carbons (Fsp3) is 0.105. The second-order valence-corrected chi connectivity index (χ2v) is 6.51. The van der Waals surface area contributed by atoms with Crippen molar-refractivity contribution in [2.45, 2.75) is 6.54 Å². The molecule has 0 bridgehead atoms. The highest BCUT2D eigenvalue weighted by atomic mass is 35.5. The van der Waals surface area contributed by atoms with E-state index in [0.717, 1.165) is 4.90 Å². The van der Waals surface area contributed by atoms with E-state index in [9.17, 15) is 14.4 Å². The van der Waals surface area contributed by atoms with Crippen molar-refractivity contribution in [3.8, 4) is 5.75 Å². The number of urea groups is 1. The number of rotatable bonds is 4. The molecule has 1 aliphatic heterocycles. The highest BCUT2D eigenvalue weighted by Gasteiger charge is 2.35. The molecule has 4 amide bonds. The van der Waals surface area contributed by atoms with Crippen LogP contribution < -0.4 is 10.1 Å². The number of halogens is 2. The van der Waals surface area contributed by atoms with E-state index in [2.05, 4.69) is 5.32 Å². The third-order valence-electron chi connectivity index (χ3n) is 3.97. The van der Waals surface area contributed by atoms with Crippen molar-refractivity contribution in [1.29, 1.82) is 0 Å². The van der Waals surface area contributed by atoms with Gasteiger partial charge >= 0.3 is 6.03 Å². The van der Waals surface area contributed by atoms with Gasteiger partial charge in [0.25, 0.3) is 11.8 Å². The van der Waals surface area contributed by atoms with Gasteiger partial charge in [0, 0.05) is 15.6 Å². The third kappa shape index (κ3) is 3.97. The summed E-state index contributed by atoms with van der Waals surface area (Å²) in [4.78, 5) is 38.0. The number of amides is 4. The lowest BCUT2D eigenvalue weighted by Crippen LogP contribution is -2.53. The zero-order valence-electron chi connectivity index (χ0n) is 14.2. The van der Waals surface area contributed by atoms with Crippen molar-refractivity contribution in [3.05, 3.63) is 69.2 Å². The lowest BCUT2D eigenvalue weighted by atomic mass is 10.1. The summed E-state index contributed by atoms with van der Waals surface area (Å²) in [5.74, 6) is -0.875. The SMILES string of the molecule is COc1ccc(CN2C(=O)NC(=O)/C(=C\c3c(Cl)cccc3Cl)C2=O)cc1. The molecule has 138 valence electrons. The van der Waals surface area contributed by atoms with Crippen LogP contribution in [-0.2, 0) is 16.1 Å². The normalized spacial score (nSPS) is 15.9. The van der Waals surface area contributed by atoms with Gasteiger partial charge in [0.05, 0.1) is 13.7 Å². The molecule has 0 aliphatic carbocycles. The number of methoxy groups -OCH3 is 1. The number of nitrogens with zero attached hydrogens (tertiary/aromatic N) is 1. The second kappa shape index (κ2) is 7.82. The summed E-state index contributed by atoms with van der Waals surface area (Å²) >= 11 is 12.2. The van der Waals surface area contributed by atoms with E-state index < -0.39 is 17.8 Å². The average molecular weight is 405 g/mol. The Balaban J connectivity index is 1.92. The van der Waals surface area contributed by atoms with Gasteiger partial charge in [-0.2, -0.15) is 0 Å². The first kappa shape index (κ1) is 18.9. The number of barbiturate groups is 1. The van der Waals surface area contributed by atoms with Crippen LogP contribution in [0, 0.1) is 0 Å². The van der Waals surface area contributed by atoms with Crippen molar-refractivity contribution in [2.24, 2.45) is 0 Å². The molecule has 0 saturated carbocycles. The molecule has 2 aromatic carbocycles. The van der Waals surface area contributed by atoms with Gasteiger partial charge in [-0.15, -0.1) is 0 Å². The van der Waals surface area contributed by atoms with Gasteiger partial charge in [0.1, 0.15) is 11.3 Å². The van der Waals surface area contributed by atoms with E-state index in [-0.39, 0.29) is 22.2 Å². The minimum absolute atomic E-state index is 0.00443. The van der Waals surface area contributed by atoms with Gasteiger partial charge in [0.2, 0.25) is 0 Å². The van der Waals surface area contributed by atoms with Crippen molar-refractivity contribution < 1.29 is 19.1 Å². The summed E-state index contributed by atoms with van der Waals surface area (Å²) in [6.07, 6.45) is 1.29. The van der Waals surface area contributed by atoms with Crippen molar-refractivity contribution in [2.75, 3.05) is 7.11 Å². The zero-order chi connectivity index (χ0) is 19.6. The number of hydrogen-bond donors (Lipinski definition) is 1. The Morgan fingerprint density at radius 2 is 1.67 bits per heavy atom. The lowest BCUT2D eigenvalue weighted by molar-refractivity contribution is -0.130. The Kier molecular flexibility index (Phi) is 5.48. The molecule has 1 saturated heterocycles. The number of carbonyl (C=O) groups is 3. The van der Waals surface area contributed by atoms with E-state index in [1.165, 1.54) is 6.08 Å². The van der Waals surface area contributed by atoms with E-state index >= 15 is 0 Å². The summed E-state index contributed by atoms with van der Waals surface area (Å²) in [6.45, 7) is -0.00443. The molecule has 1 fully saturated rings. The van der Waals surface area contributed by atoms with Crippen LogP contribution in [0.1, 0.15) is 11.1 Å². The lowest BCUT2D eigenvalue weighted by Gasteiger charge is -2.26. The molecular weight excluding hydrogens is 391 g/mol. The molecule has 1 N–H and O–H groups in total. The first-order valence-electron chi connectivity index (χ1n) is 7.86. The van der Waals surface area contributed by atoms with Crippen LogP contribution in [0.3, 0.4) is 0 Å². The van der Waals surface area contributed by atoms with Crippen molar-refractivity contribution in [3.63, 3.8) is 0 Å². The van der Waals surface area contributed by atoms with E-state index in [4.69, 9.17) is 27.9 Å². The molecule has 1 heterocycles. The summed E-state index contributed by atoms with van der Waals surface area (Å²) in [7, 11) is 1.54. The maximum absolute atomic E-state index is 12.8. The fourth-order valence-electron chi connectivity index (χ4n) is 2.54. The Bertz CT molecular complexity index is 934. The van der Waals surface area contributed by atoms with Crippen LogP contribution >= 0.6 is 23.2 Å². The van der Waals surface area contributed by atoms with Crippen LogP contribution in [0.5, 0.6) is 5.75 Å². The quantitative estimate of drug-likeness (QED) is 0.622. The Hall–Kier alpha value is -2.83. The fourth-order valence-corrected chi connectivity index (χ4v) is 3.05. The average Bonchev–Trinajstić information content (AvgIpc) is 2.64. The smallest absolute Gasteiger partial charge is 0.331 e. The molecule has 27 heavy (non-hydrogen) atoms. The molecule has 6 nitrogen and oxygen atoms in total. The molecule has 8 heteroatoms. The number of ether oxygens (including phenoxy) is 1. The maximum Gasteiger partial charge on any atom is 0.331 e. The van der Waals surface area contributed by atoms with Gasteiger partial charge in [-0.25, -0.2) is 4.79 Å². The highest BCUT2D eigenvalue weighted by molar-refractivity contribution is 6.38. The highest BCUT2D eigenvalue weighted by Crippen LogP contribution is 2.28. The van der Waals surface area contributed by atoms with E-state index in [1.807, 2.05) is 0 Å². The monoisotopic (exact) mass is 404 g/mol. The standard InChI is InChI=1S/C19H14Cl2N2O4/c1-27-12-7-5-11(6-8-12)10-23-18(25)14(17(24)22-19(23)26)9-13-15(20)3-2-4-16(13)21/h2-9H,10H2,1H3,(H,22,24,26)/b14-9+. The van der Waals surface area contributed by atoms with Crippen LogP contribution in [0.25, 0.3) is 6.08 Å². The molecule has 1 aliphatic rings. The van der Waals surface area contributed by atoms with Crippen LogP contribution in [0.4, 0.5) is 4.79 Å². The van der Waals surface area contributed by atoms with Crippen molar-refractivity contribution in [1.82, 2.24) is 10.2 Å².